The lowest BCUT2D eigenvalue weighted by atomic mass is 9.99. The minimum atomic E-state index is -0.708. The second kappa shape index (κ2) is 9.45. The first-order chi connectivity index (χ1) is 14.6. The Kier molecular flexibility index (Phi) is 6.50. The molecule has 1 aliphatic rings. The Morgan fingerprint density at radius 1 is 1.17 bits per heavy atom. The zero-order valence-corrected chi connectivity index (χ0v) is 17.7. The van der Waals surface area contributed by atoms with E-state index in [1.54, 1.807) is 11.8 Å². The largest absolute Gasteiger partial charge is 0.481 e. The molecular formula is C23H25N3O3S. The molecular weight excluding hydrogens is 398 g/mol. The molecule has 2 heterocycles. The highest BCUT2D eigenvalue weighted by Crippen LogP contribution is 2.38. The van der Waals surface area contributed by atoms with Crippen LogP contribution in [0.5, 0.6) is 0 Å². The average Bonchev–Trinajstić information content (AvgIpc) is 3.19. The van der Waals surface area contributed by atoms with Crippen LogP contribution in [0.25, 0.3) is 11.5 Å². The summed E-state index contributed by atoms with van der Waals surface area (Å²) in [5, 5.41) is 18.3. The van der Waals surface area contributed by atoms with Gasteiger partial charge in [-0.3, -0.25) is 9.69 Å². The monoisotopic (exact) mass is 423 g/mol. The van der Waals surface area contributed by atoms with E-state index >= 15 is 0 Å². The van der Waals surface area contributed by atoms with Crippen LogP contribution < -0.4 is 0 Å². The SMILES string of the molecule is CCCC(Sc1nnc(-c2ccc(CN3CC(C(=O)O)C3)cc2)o1)c1ccccc1. The smallest absolute Gasteiger partial charge is 0.309 e. The van der Waals surface area contributed by atoms with Gasteiger partial charge in [0.05, 0.1) is 5.92 Å². The van der Waals surface area contributed by atoms with Crippen LogP contribution >= 0.6 is 11.8 Å². The van der Waals surface area contributed by atoms with Crippen molar-refractivity contribution in [3.8, 4) is 11.5 Å². The molecule has 1 atom stereocenters. The van der Waals surface area contributed by atoms with Gasteiger partial charge in [0.15, 0.2) is 0 Å². The topological polar surface area (TPSA) is 79.5 Å². The molecule has 0 spiro atoms. The second-order valence-corrected chi connectivity index (χ2v) is 8.76. The number of hydrogen-bond acceptors (Lipinski definition) is 6. The van der Waals surface area contributed by atoms with Gasteiger partial charge in [0, 0.05) is 30.4 Å². The molecule has 0 radical (unpaired) electrons. The fourth-order valence-electron chi connectivity index (χ4n) is 3.59. The van der Waals surface area contributed by atoms with Crippen molar-refractivity contribution >= 4 is 17.7 Å². The number of nitrogens with zero attached hydrogens (tertiary/aromatic N) is 3. The number of carbonyl (C=O) groups is 1. The molecule has 156 valence electrons. The van der Waals surface area contributed by atoms with Crippen LogP contribution in [0.4, 0.5) is 0 Å². The van der Waals surface area contributed by atoms with E-state index in [9.17, 15) is 4.79 Å². The van der Waals surface area contributed by atoms with Gasteiger partial charge in [-0.1, -0.05) is 67.6 Å². The maximum atomic E-state index is 10.9. The molecule has 1 N–H and O–H groups in total. The summed E-state index contributed by atoms with van der Waals surface area (Å²) in [6.07, 6.45) is 2.12. The molecule has 2 aromatic carbocycles. The molecule has 0 bridgehead atoms. The van der Waals surface area contributed by atoms with Gasteiger partial charge in [0.1, 0.15) is 0 Å². The Morgan fingerprint density at radius 3 is 2.57 bits per heavy atom. The highest BCUT2D eigenvalue weighted by atomic mass is 32.2. The maximum Gasteiger partial charge on any atom is 0.309 e. The lowest BCUT2D eigenvalue weighted by Gasteiger charge is -2.36. The van der Waals surface area contributed by atoms with E-state index in [1.165, 1.54) is 5.56 Å². The van der Waals surface area contributed by atoms with E-state index in [-0.39, 0.29) is 11.2 Å². The van der Waals surface area contributed by atoms with Crippen LogP contribution in [0.1, 0.15) is 36.1 Å². The van der Waals surface area contributed by atoms with E-state index in [2.05, 4.69) is 46.3 Å². The molecule has 3 aromatic rings. The highest BCUT2D eigenvalue weighted by Gasteiger charge is 2.32. The van der Waals surface area contributed by atoms with Crippen LogP contribution in [0.15, 0.2) is 64.2 Å². The van der Waals surface area contributed by atoms with Crippen molar-refractivity contribution in [2.75, 3.05) is 13.1 Å². The number of aromatic nitrogens is 2. The number of hydrogen-bond donors (Lipinski definition) is 1. The Labute approximate surface area is 180 Å². The summed E-state index contributed by atoms with van der Waals surface area (Å²) in [6.45, 7) is 4.16. The van der Waals surface area contributed by atoms with Crippen molar-refractivity contribution < 1.29 is 14.3 Å². The normalized spacial score (nSPS) is 15.6. The van der Waals surface area contributed by atoms with Gasteiger partial charge < -0.3 is 9.52 Å². The predicted octanol–water partition coefficient (Wildman–Crippen LogP) is 4.89. The van der Waals surface area contributed by atoms with Crippen molar-refractivity contribution in [3.63, 3.8) is 0 Å². The lowest BCUT2D eigenvalue weighted by Crippen LogP contribution is -2.49. The Hall–Kier alpha value is -2.64. The molecule has 0 aliphatic carbocycles. The van der Waals surface area contributed by atoms with E-state index in [0.29, 0.717) is 24.2 Å². The van der Waals surface area contributed by atoms with Gasteiger partial charge in [-0.05, 0) is 29.7 Å². The Balaban J connectivity index is 1.38. The van der Waals surface area contributed by atoms with Gasteiger partial charge in [-0.25, -0.2) is 0 Å². The van der Waals surface area contributed by atoms with Crippen LogP contribution in [0, 0.1) is 5.92 Å². The Morgan fingerprint density at radius 2 is 1.90 bits per heavy atom. The first-order valence-electron chi connectivity index (χ1n) is 10.2. The zero-order chi connectivity index (χ0) is 20.9. The van der Waals surface area contributed by atoms with Crippen molar-refractivity contribution in [2.24, 2.45) is 5.92 Å². The van der Waals surface area contributed by atoms with E-state index < -0.39 is 5.97 Å². The first kappa shape index (κ1) is 20.6. The number of carboxylic acid groups (broad SMARTS) is 1. The van der Waals surface area contributed by atoms with Gasteiger partial charge in [0.25, 0.3) is 5.22 Å². The molecule has 0 amide bonds. The van der Waals surface area contributed by atoms with Crippen LogP contribution in [-0.4, -0.2) is 39.3 Å². The molecule has 1 aromatic heterocycles. The highest BCUT2D eigenvalue weighted by molar-refractivity contribution is 7.99. The molecule has 1 saturated heterocycles. The van der Waals surface area contributed by atoms with Crippen molar-refractivity contribution in [1.82, 2.24) is 15.1 Å². The zero-order valence-electron chi connectivity index (χ0n) is 16.9. The van der Waals surface area contributed by atoms with E-state index in [1.807, 2.05) is 30.3 Å². The number of rotatable bonds is 9. The maximum absolute atomic E-state index is 10.9. The summed E-state index contributed by atoms with van der Waals surface area (Å²) in [4.78, 5) is 13.0. The molecule has 7 heteroatoms. The van der Waals surface area contributed by atoms with Crippen molar-refractivity contribution in [2.45, 2.75) is 36.8 Å². The average molecular weight is 424 g/mol. The molecule has 1 unspecified atom stereocenters. The van der Waals surface area contributed by atoms with E-state index in [0.717, 1.165) is 30.5 Å². The minimum absolute atomic E-state index is 0.231. The predicted molar refractivity (Wildman–Crippen MR) is 116 cm³/mol. The quantitative estimate of drug-likeness (QED) is 0.491. The summed E-state index contributed by atoms with van der Waals surface area (Å²) < 4.78 is 5.93. The van der Waals surface area contributed by atoms with Gasteiger partial charge in [-0.15, -0.1) is 10.2 Å². The first-order valence-corrected chi connectivity index (χ1v) is 11.1. The number of carboxylic acids is 1. The summed E-state index contributed by atoms with van der Waals surface area (Å²) in [7, 11) is 0. The van der Waals surface area contributed by atoms with E-state index in [4.69, 9.17) is 9.52 Å². The van der Waals surface area contributed by atoms with Crippen LogP contribution in [0.3, 0.4) is 0 Å². The third-order valence-electron chi connectivity index (χ3n) is 5.29. The van der Waals surface area contributed by atoms with Crippen molar-refractivity contribution in [3.05, 3.63) is 65.7 Å². The van der Waals surface area contributed by atoms with Crippen LogP contribution in [-0.2, 0) is 11.3 Å². The number of likely N-dealkylation sites (tertiary alicyclic amines) is 1. The molecule has 1 aliphatic heterocycles. The molecule has 6 nitrogen and oxygen atoms in total. The third-order valence-corrected chi connectivity index (χ3v) is 6.44. The summed E-state index contributed by atoms with van der Waals surface area (Å²) in [6, 6.07) is 18.4. The van der Waals surface area contributed by atoms with Gasteiger partial charge >= 0.3 is 5.97 Å². The summed E-state index contributed by atoms with van der Waals surface area (Å²) in [5.41, 5.74) is 3.30. The standard InChI is InChI=1S/C23H25N3O3S/c1-2-6-20(17-7-4-3-5-8-17)30-23-25-24-21(29-23)18-11-9-16(10-12-18)13-26-14-19(15-26)22(27)28/h3-5,7-12,19-20H,2,6,13-15H2,1H3,(H,27,28). The Bertz CT molecular complexity index is 969. The number of benzene rings is 2. The third kappa shape index (κ3) is 4.91. The van der Waals surface area contributed by atoms with Crippen LogP contribution in [0.2, 0.25) is 0 Å². The fraction of sp³-hybridized carbons (Fsp3) is 0.348. The minimum Gasteiger partial charge on any atom is -0.481 e. The molecule has 4 rings (SSSR count). The second-order valence-electron chi connectivity index (χ2n) is 7.61. The fourth-order valence-corrected chi connectivity index (χ4v) is 4.69. The lowest BCUT2D eigenvalue weighted by molar-refractivity contribution is -0.147. The van der Waals surface area contributed by atoms with Gasteiger partial charge in [-0.2, -0.15) is 0 Å². The molecule has 1 fully saturated rings. The van der Waals surface area contributed by atoms with Gasteiger partial charge in [0.2, 0.25) is 5.89 Å². The summed E-state index contributed by atoms with van der Waals surface area (Å²) >= 11 is 1.61. The van der Waals surface area contributed by atoms with Crippen molar-refractivity contribution in [1.29, 1.82) is 0 Å². The number of aliphatic carboxylic acids is 1. The number of thioether (sulfide) groups is 1. The molecule has 30 heavy (non-hydrogen) atoms. The molecule has 0 saturated carbocycles. The summed E-state index contributed by atoms with van der Waals surface area (Å²) in [5.74, 6) is -0.423.